The Morgan fingerprint density at radius 3 is 2.88 bits per heavy atom. The van der Waals surface area contributed by atoms with Gasteiger partial charge < -0.3 is 19.4 Å². The van der Waals surface area contributed by atoms with Crippen LogP contribution in [0.5, 0.6) is 11.5 Å². The number of fused-ring (bicyclic) bond motifs is 3. The number of benzene rings is 2. The predicted molar refractivity (Wildman–Crippen MR) is 101 cm³/mol. The minimum Gasteiger partial charge on any atom is -0.493 e. The molecule has 2 heterocycles. The van der Waals surface area contributed by atoms with Crippen molar-refractivity contribution in [2.24, 2.45) is 0 Å². The highest BCUT2D eigenvalue weighted by atomic mass is 19.1. The number of hydrogen-bond acceptors (Lipinski definition) is 3. The van der Waals surface area contributed by atoms with E-state index in [1.807, 2.05) is 0 Å². The summed E-state index contributed by atoms with van der Waals surface area (Å²) in [4.78, 5) is 0. The molecular formula is C21H23FN2O2. The summed E-state index contributed by atoms with van der Waals surface area (Å²) in [7, 11) is 1.52. The first-order valence-electron chi connectivity index (χ1n) is 9.04. The zero-order valence-electron chi connectivity index (χ0n) is 14.9. The molecule has 0 aliphatic carbocycles. The first kappa shape index (κ1) is 16.9. The fourth-order valence-corrected chi connectivity index (χ4v) is 3.82. The largest absolute Gasteiger partial charge is 0.493 e. The van der Waals surface area contributed by atoms with Crippen molar-refractivity contribution < 1.29 is 13.9 Å². The van der Waals surface area contributed by atoms with Gasteiger partial charge in [-0.2, -0.15) is 0 Å². The predicted octanol–water partition coefficient (Wildman–Crippen LogP) is 3.56. The van der Waals surface area contributed by atoms with Crippen LogP contribution in [0.4, 0.5) is 4.39 Å². The molecule has 2 aromatic carbocycles. The maximum absolute atomic E-state index is 14.1. The molecule has 0 radical (unpaired) electrons. The van der Waals surface area contributed by atoms with Gasteiger partial charge in [0.25, 0.3) is 0 Å². The smallest absolute Gasteiger partial charge is 0.197 e. The molecule has 1 N–H and O–H groups in total. The van der Waals surface area contributed by atoms with Crippen LogP contribution >= 0.6 is 0 Å². The van der Waals surface area contributed by atoms with E-state index in [0.717, 1.165) is 32.5 Å². The quantitative estimate of drug-likeness (QED) is 0.761. The number of halogens is 1. The minimum atomic E-state index is -0.394. The Balaban J connectivity index is 1.61. The van der Waals surface area contributed by atoms with Gasteiger partial charge in [0, 0.05) is 49.1 Å². The Hall–Kier alpha value is -2.53. The van der Waals surface area contributed by atoms with Gasteiger partial charge in [0.05, 0.1) is 13.7 Å². The Bertz CT molecular complexity index is 920. The fraction of sp³-hybridized carbons (Fsp3) is 0.333. The van der Waals surface area contributed by atoms with Gasteiger partial charge in [-0.1, -0.05) is 24.3 Å². The van der Waals surface area contributed by atoms with E-state index >= 15 is 0 Å². The fourth-order valence-electron chi connectivity index (χ4n) is 3.82. The van der Waals surface area contributed by atoms with Gasteiger partial charge in [-0.05, 0) is 23.8 Å². The van der Waals surface area contributed by atoms with E-state index in [1.54, 1.807) is 12.1 Å². The number of ether oxygens (including phenoxy) is 2. The van der Waals surface area contributed by atoms with Crippen LogP contribution in [0.15, 0.2) is 42.5 Å². The summed E-state index contributed by atoms with van der Waals surface area (Å²) in [5, 5.41) is 4.73. The molecule has 0 saturated carbocycles. The molecule has 1 aliphatic rings. The first-order chi connectivity index (χ1) is 12.8. The van der Waals surface area contributed by atoms with Crippen LogP contribution in [0.25, 0.3) is 10.9 Å². The number of hydrogen-bond donors (Lipinski definition) is 1. The van der Waals surface area contributed by atoms with Crippen molar-refractivity contribution in [2.75, 3.05) is 26.8 Å². The molecule has 3 aromatic rings. The average Bonchev–Trinajstić information content (AvgIpc) is 2.81. The molecule has 0 spiro atoms. The van der Waals surface area contributed by atoms with E-state index < -0.39 is 5.82 Å². The first-order valence-corrected chi connectivity index (χ1v) is 9.04. The van der Waals surface area contributed by atoms with E-state index in [9.17, 15) is 4.39 Å². The van der Waals surface area contributed by atoms with E-state index in [-0.39, 0.29) is 5.75 Å². The van der Waals surface area contributed by atoms with E-state index in [0.29, 0.717) is 12.4 Å². The highest BCUT2D eigenvalue weighted by Gasteiger charge is 2.19. The summed E-state index contributed by atoms with van der Waals surface area (Å²) >= 11 is 0. The van der Waals surface area contributed by atoms with Crippen LogP contribution in [0.2, 0.25) is 0 Å². The maximum Gasteiger partial charge on any atom is 0.197 e. The normalized spacial score (nSPS) is 14.1. The van der Waals surface area contributed by atoms with Gasteiger partial charge >= 0.3 is 0 Å². The highest BCUT2D eigenvalue weighted by Crippen LogP contribution is 2.31. The Kier molecular flexibility index (Phi) is 4.80. The van der Waals surface area contributed by atoms with Gasteiger partial charge in [-0.15, -0.1) is 0 Å². The topological polar surface area (TPSA) is 35.4 Å². The molecule has 0 fully saturated rings. The third-order valence-corrected chi connectivity index (χ3v) is 4.99. The van der Waals surface area contributed by atoms with Crippen molar-refractivity contribution in [3.63, 3.8) is 0 Å². The van der Waals surface area contributed by atoms with Crippen LogP contribution in [0.3, 0.4) is 0 Å². The third-order valence-electron chi connectivity index (χ3n) is 4.99. The number of nitrogens with zero attached hydrogens (tertiary/aromatic N) is 1. The summed E-state index contributed by atoms with van der Waals surface area (Å²) in [5.74, 6) is 0.218. The number of nitrogens with one attached hydrogen (secondary N) is 1. The lowest BCUT2D eigenvalue weighted by molar-refractivity contribution is 0.282. The number of methoxy groups -OCH3 is 1. The van der Waals surface area contributed by atoms with Crippen molar-refractivity contribution >= 4 is 10.9 Å². The lowest BCUT2D eigenvalue weighted by Crippen LogP contribution is -2.17. The lowest BCUT2D eigenvalue weighted by Gasteiger charge is -2.12. The maximum atomic E-state index is 14.1. The monoisotopic (exact) mass is 354 g/mol. The van der Waals surface area contributed by atoms with E-state index in [4.69, 9.17) is 9.47 Å². The molecule has 136 valence electrons. The van der Waals surface area contributed by atoms with Crippen molar-refractivity contribution in [2.45, 2.75) is 19.4 Å². The summed E-state index contributed by atoms with van der Waals surface area (Å²) < 4.78 is 27.5. The van der Waals surface area contributed by atoms with Crippen LogP contribution in [-0.4, -0.2) is 31.4 Å². The van der Waals surface area contributed by atoms with E-state index in [1.165, 1.54) is 35.3 Å². The van der Waals surface area contributed by atoms with Crippen molar-refractivity contribution in [1.29, 1.82) is 0 Å². The molecule has 0 saturated heterocycles. The van der Waals surface area contributed by atoms with Crippen LogP contribution < -0.4 is 14.8 Å². The third kappa shape index (κ3) is 3.03. The summed E-state index contributed by atoms with van der Waals surface area (Å²) in [6.45, 7) is 3.34. The zero-order valence-corrected chi connectivity index (χ0v) is 14.9. The van der Waals surface area contributed by atoms with Crippen LogP contribution in [0.1, 0.15) is 11.3 Å². The second kappa shape index (κ2) is 7.38. The zero-order chi connectivity index (χ0) is 17.9. The second-order valence-electron chi connectivity index (χ2n) is 6.46. The van der Waals surface area contributed by atoms with Crippen LogP contribution in [0, 0.1) is 5.82 Å². The molecule has 1 aromatic heterocycles. The number of aromatic nitrogens is 1. The molecule has 0 bridgehead atoms. The molecule has 4 nitrogen and oxygen atoms in total. The Morgan fingerprint density at radius 1 is 1.12 bits per heavy atom. The second-order valence-corrected chi connectivity index (χ2v) is 6.46. The molecule has 0 amide bonds. The van der Waals surface area contributed by atoms with E-state index in [2.05, 4.69) is 34.1 Å². The van der Waals surface area contributed by atoms with Gasteiger partial charge in [-0.3, -0.25) is 0 Å². The van der Waals surface area contributed by atoms with Crippen molar-refractivity contribution in [3.8, 4) is 11.5 Å². The van der Waals surface area contributed by atoms with Crippen molar-refractivity contribution in [3.05, 3.63) is 59.5 Å². The highest BCUT2D eigenvalue weighted by molar-refractivity contribution is 5.85. The molecule has 1 aliphatic heterocycles. The van der Waals surface area contributed by atoms with Gasteiger partial charge in [0.1, 0.15) is 0 Å². The number of rotatable bonds is 5. The number of para-hydroxylation sites is 2. The molecule has 0 unspecified atom stereocenters. The molecular weight excluding hydrogens is 331 g/mol. The summed E-state index contributed by atoms with van der Waals surface area (Å²) in [6, 6.07) is 13.2. The molecule has 0 atom stereocenters. The van der Waals surface area contributed by atoms with Gasteiger partial charge in [0.2, 0.25) is 0 Å². The lowest BCUT2D eigenvalue weighted by atomic mass is 10.1. The van der Waals surface area contributed by atoms with Crippen LogP contribution in [-0.2, 0) is 19.4 Å². The molecule has 26 heavy (non-hydrogen) atoms. The Labute approximate surface area is 152 Å². The molecule has 5 heteroatoms. The van der Waals surface area contributed by atoms with Crippen molar-refractivity contribution in [1.82, 2.24) is 9.88 Å². The van der Waals surface area contributed by atoms with Gasteiger partial charge in [-0.25, -0.2) is 4.39 Å². The standard InChI is InChI=1S/C21H23FN2O2/c1-25-20-8-4-6-17(22)21(20)26-14-10-16-15-5-2-3-7-18(15)24-13-12-23-11-9-19(16)24/h2-8,23H,9-14H2,1H3. The summed E-state index contributed by atoms with van der Waals surface area (Å²) in [5.41, 5.74) is 3.93. The SMILES string of the molecule is COc1cccc(F)c1OCCc1c2n(c3ccccc13)CCNCC2. The average molecular weight is 354 g/mol. The molecule has 4 rings (SSSR count). The van der Waals surface area contributed by atoms with Gasteiger partial charge in [0.15, 0.2) is 17.3 Å². The summed E-state index contributed by atoms with van der Waals surface area (Å²) in [6.07, 6.45) is 1.73. The Morgan fingerprint density at radius 2 is 2.00 bits per heavy atom. The minimum absolute atomic E-state index is 0.186.